The van der Waals surface area contributed by atoms with Crippen molar-refractivity contribution < 1.29 is 0 Å². The van der Waals surface area contributed by atoms with Gasteiger partial charge in [0.25, 0.3) is 0 Å². The highest BCUT2D eigenvalue weighted by atomic mass is 32.1. The van der Waals surface area contributed by atoms with E-state index in [2.05, 4.69) is 26.3 Å². The van der Waals surface area contributed by atoms with Crippen LogP contribution in [0.4, 0.5) is 5.13 Å². The molecule has 1 atom stereocenters. The van der Waals surface area contributed by atoms with E-state index < -0.39 is 0 Å². The summed E-state index contributed by atoms with van der Waals surface area (Å²) >= 11 is 1.88. The molecule has 3 fully saturated rings. The third-order valence-electron chi connectivity index (χ3n) is 5.02. The Morgan fingerprint density at radius 2 is 2.00 bits per heavy atom. The van der Waals surface area contributed by atoms with Gasteiger partial charge in [-0.25, -0.2) is 4.98 Å². The van der Waals surface area contributed by atoms with Crippen LogP contribution in [0.3, 0.4) is 0 Å². The first-order chi connectivity index (χ1) is 10.4. The highest BCUT2D eigenvalue weighted by molar-refractivity contribution is 7.15. The molecule has 4 rings (SSSR count). The smallest absolute Gasteiger partial charge is 0.185 e. The predicted octanol–water partition coefficient (Wildman–Crippen LogP) is 2.46. The number of thiazole rings is 1. The Morgan fingerprint density at radius 1 is 1.14 bits per heavy atom. The molecule has 3 heterocycles. The third-order valence-corrected chi connectivity index (χ3v) is 6.08. The van der Waals surface area contributed by atoms with Crippen LogP contribution in [0, 0.1) is 0 Å². The molecule has 4 nitrogen and oxygen atoms in total. The highest BCUT2D eigenvalue weighted by Crippen LogP contribution is 2.29. The van der Waals surface area contributed by atoms with Crippen molar-refractivity contribution in [2.24, 2.45) is 0 Å². The molecule has 1 aromatic heterocycles. The molecule has 1 aromatic rings. The van der Waals surface area contributed by atoms with Crippen LogP contribution in [-0.2, 0) is 6.54 Å². The van der Waals surface area contributed by atoms with Crippen LogP contribution in [0.2, 0.25) is 0 Å². The number of piperidine rings is 1. The molecule has 0 radical (unpaired) electrons. The fourth-order valence-electron chi connectivity index (χ4n) is 3.55. The van der Waals surface area contributed by atoms with E-state index in [1.165, 1.54) is 74.7 Å². The van der Waals surface area contributed by atoms with Gasteiger partial charge in [-0.15, -0.1) is 11.3 Å². The first kappa shape index (κ1) is 14.0. The largest absolute Gasteiger partial charge is 0.346 e. The lowest BCUT2D eigenvalue weighted by atomic mass is 10.1. The maximum absolute atomic E-state index is 4.66. The Labute approximate surface area is 131 Å². The summed E-state index contributed by atoms with van der Waals surface area (Å²) in [4.78, 5) is 11.3. The highest BCUT2D eigenvalue weighted by Gasteiger charge is 2.29. The molecule has 21 heavy (non-hydrogen) atoms. The Balaban J connectivity index is 1.31. The van der Waals surface area contributed by atoms with Crippen molar-refractivity contribution in [3.05, 3.63) is 11.1 Å². The average molecular weight is 306 g/mol. The summed E-state index contributed by atoms with van der Waals surface area (Å²) in [5.74, 6) is 0. The maximum atomic E-state index is 4.66. The van der Waals surface area contributed by atoms with E-state index in [-0.39, 0.29) is 0 Å². The van der Waals surface area contributed by atoms with Gasteiger partial charge < -0.3 is 10.2 Å². The number of anilines is 1. The molecule has 5 heteroatoms. The van der Waals surface area contributed by atoms with Crippen LogP contribution < -0.4 is 10.2 Å². The molecule has 1 N–H and O–H groups in total. The molecule has 0 spiro atoms. The van der Waals surface area contributed by atoms with E-state index in [0.29, 0.717) is 0 Å². The number of nitrogens with zero attached hydrogens (tertiary/aromatic N) is 3. The van der Waals surface area contributed by atoms with Gasteiger partial charge in [0, 0.05) is 42.8 Å². The third kappa shape index (κ3) is 3.41. The minimum atomic E-state index is 0.766. The van der Waals surface area contributed by atoms with Gasteiger partial charge >= 0.3 is 0 Å². The molecule has 2 aliphatic heterocycles. The number of rotatable bonds is 5. The second kappa shape index (κ2) is 6.23. The fourth-order valence-corrected chi connectivity index (χ4v) is 4.45. The van der Waals surface area contributed by atoms with Gasteiger partial charge in [-0.2, -0.15) is 0 Å². The van der Waals surface area contributed by atoms with E-state index in [0.717, 1.165) is 18.6 Å². The molecule has 0 aromatic carbocycles. The summed E-state index contributed by atoms with van der Waals surface area (Å²) in [6.45, 7) is 6.00. The zero-order valence-electron chi connectivity index (χ0n) is 12.8. The fraction of sp³-hybridized carbons (Fsp3) is 0.812. The second-order valence-electron chi connectivity index (χ2n) is 6.75. The van der Waals surface area contributed by atoms with Crippen LogP contribution in [0.15, 0.2) is 6.20 Å². The zero-order chi connectivity index (χ0) is 14.1. The summed E-state index contributed by atoms with van der Waals surface area (Å²) in [5.41, 5.74) is 0. The molecular weight excluding hydrogens is 280 g/mol. The van der Waals surface area contributed by atoms with Crippen molar-refractivity contribution in [2.75, 3.05) is 31.1 Å². The van der Waals surface area contributed by atoms with Crippen molar-refractivity contribution in [3.8, 4) is 0 Å². The predicted molar refractivity (Wildman–Crippen MR) is 88.0 cm³/mol. The number of nitrogens with one attached hydrogen (secondary N) is 1. The lowest BCUT2D eigenvalue weighted by molar-refractivity contribution is 0.175. The summed E-state index contributed by atoms with van der Waals surface area (Å²) in [7, 11) is 0. The van der Waals surface area contributed by atoms with Crippen LogP contribution >= 0.6 is 11.3 Å². The van der Waals surface area contributed by atoms with Gasteiger partial charge in [-0.05, 0) is 45.2 Å². The Morgan fingerprint density at radius 3 is 2.81 bits per heavy atom. The molecule has 116 valence electrons. The first-order valence-corrected chi connectivity index (χ1v) is 9.37. The van der Waals surface area contributed by atoms with Crippen LogP contribution in [0.25, 0.3) is 0 Å². The van der Waals surface area contributed by atoms with Crippen molar-refractivity contribution >= 4 is 16.5 Å². The van der Waals surface area contributed by atoms with E-state index in [1.807, 2.05) is 11.3 Å². The molecule has 1 unspecified atom stereocenters. The molecular formula is C16H26N4S. The Kier molecular flexibility index (Phi) is 4.14. The lowest BCUT2D eigenvalue weighted by Gasteiger charge is -2.32. The average Bonchev–Trinajstić information content (AvgIpc) is 3.03. The van der Waals surface area contributed by atoms with Gasteiger partial charge in [-0.3, -0.25) is 4.90 Å². The van der Waals surface area contributed by atoms with Crippen LogP contribution in [0.5, 0.6) is 0 Å². The minimum Gasteiger partial charge on any atom is -0.346 e. The topological polar surface area (TPSA) is 31.4 Å². The summed E-state index contributed by atoms with van der Waals surface area (Å²) in [6.07, 6.45) is 10.3. The zero-order valence-corrected chi connectivity index (χ0v) is 13.6. The van der Waals surface area contributed by atoms with Crippen molar-refractivity contribution in [2.45, 2.75) is 57.2 Å². The van der Waals surface area contributed by atoms with E-state index in [9.17, 15) is 0 Å². The normalized spacial score (nSPS) is 27.4. The number of likely N-dealkylation sites (tertiary alicyclic amines) is 1. The van der Waals surface area contributed by atoms with Gasteiger partial charge in [0.1, 0.15) is 0 Å². The molecule has 2 saturated heterocycles. The van der Waals surface area contributed by atoms with E-state index >= 15 is 0 Å². The quantitative estimate of drug-likeness (QED) is 0.905. The summed E-state index contributed by atoms with van der Waals surface area (Å²) in [6, 6.07) is 1.55. The van der Waals surface area contributed by atoms with Crippen LogP contribution in [-0.4, -0.2) is 48.1 Å². The Hall–Kier alpha value is -0.650. The maximum Gasteiger partial charge on any atom is 0.185 e. The number of hydrogen-bond acceptors (Lipinski definition) is 5. The molecule has 0 bridgehead atoms. The van der Waals surface area contributed by atoms with Crippen LogP contribution in [0.1, 0.15) is 43.4 Å². The van der Waals surface area contributed by atoms with Gasteiger partial charge in [0.15, 0.2) is 5.13 Å². The SMILES string of the molecule is c1nc(N2CCC(N3CCCCC3)C2)sc1CNC1CC1. The molecule has 1 saturated carbocycles. The van der Waals surface area contributed by atoms with Gasteiger partial charge in [0.05, 0.1) is 0 Å². The summed E-state index contributed by atoms with van der Waals surface area (Å²) in [5, 5.41) is 4.82. The van der Waals surface area contributed by atoms with Gasteiger partial charge in [-0.1, -0.05) is 6.42 Å². The van der Waals surface area contributed by atoms with Crippen molar-refractivity contribution in [3.63, 3.8) is 0 Å². The van der Waals surface area contributed by atoms with Gasteiger partial charge in [0.2, 0.25) is 0 Å². The standard InChI is InChI=1S/C16H26N4S/c1-2-7-19(8-3-1)14-6-9-20(12-14)16-18-11-15(21-16)10-17-13-4-5-13/h11,13-14,17H,1-10,12H2. The monoisotopic (exact) mass is 306 g/mol. The lowest BCUT2D eigenvalue weighted by Crippen LogP contribution is -2.40. The second-order valence-corrected chi connectivity index (χ2v) is 7.84. The number of aromatic nitrogens is 1. The van der Waals surface area contributed by atoms with E-state index in [4.69, 9.17) is 0 Å². The summed E-state index contributed by atoms with van der Waals surface area (Å²) < 4.78 is 0. The first-order valence-electron chi connectivity index (χ1n) is 8.55. The number of hydrogen-bond donors (Lipinski definition) is 1. The molecule has 0 amide bonds. The molecule has 3 aliphatic rings. The van der Waals surface area contributed by atoms with Crippen molar-refractivity contribution in [1.82, 2.24) is 15.2 Å². The Bertz CT molecular complexity index is 465. The van der Waals surface area contributed by atoms with E-state index in [1.54, 1.807) is 0 Å². The molecule has 1 aliphatic carbocycles. The van der Waals surface area contributed by atoms with Crippen molar-refractivity contribution in [1.29, 1.82) is 0 Å². The minimum absolute atomic E-state index is 0.766.